The van der Waals surface area contributed by atoms with Crippen molar-refractivity contribution in [3.8, 4) is 0 Å². The highest BCUT2D eigenvalue weighted by molar-refractivity contribution is 6.14. The Hall–Kier alpha value is -4.62. The Morgan fingerprint density at radius 3 is 2.60 bits per heavy atom. The zero-order valence-electron chi connectivity index (χ0n) is 26.9. The van der Waals surface area contributed by atoms with Gasteiger partial charge < -0.3 is 4.42 Å². The lowest BCUT2D eigenvalue weighted by atomic mass is 9.63. The second kappa shape index (κ2) is 11.0. The van der Waals surface area contributed by atoms with Crippen LogP contribution in [0.1, 0.15) is 78.7 Å². The lowest BCUT2D eigenvalue weighted by Gasteiger charge is -2.40. The van der Waals surface area contributed by atoms with Crippen molar-refractivity contribution in [3.05, 3.63) is 165 Å². The second-order valence-electron chi connectivity index (χ2n) is 14.3. The average Bonchev–Trinajstić information content (AvgIpc) is 3.54. The monoisotopic (exact) mass is 608 g/mol. The lowest BCUT2D eigenvalue weighted by molar-refractivity contribution is 0.465. The van der Waals surface area contributed by atoms with Gasteiger partial charge in [0.15, 0.2) is 0 Å². The van der Waals surface area contributed by atoms with Crippen LogP contribution in [-0.2, 0) is 6.42 Å². The van der Waals surface area contributed by atoms with E-state index in [1.165, 1.54) is 69.0 Å². The van der Waals surface area contributed by atoms with Crippen LogP contribution in [0.25, 0.3) is 33.6 Å². The molecule has 0 amide bonds. The fraction of sp³-hybridized carbons (Fsp3) is 0.261. The summed E-state index contributed by atoms with van der Waals surface area (Å²) in [6.07, 6.45) is 35.6. The minimum Gasteiger partial charge on any atom is -0.455 e. The maximum Gasteiger partial charge on any atom is 0.142 e. The summed E-state index contributed by atoms with van der Waals surface area (Å²) in [7, 11) is 0. The molecule has 1 heterocycles. The molecule has 6 aliphatic rings. The molecule has 1 heteroatoms. The van der Waals surface area contributed by atoms with Gasteiger partial charge in [0.1, 0.15) is 11.2 Å². The predicted octanol–water partition coefficient (Wildman–Crippen LogP) is 12.1. The van der Waals surface area contributed by atoms with Crippen LogP contribution in [0, 0.1) is 17.8 Å². The molecule has 0 bridgehead atoms. The Bertz CT molecular complexity index is 2220. The van der Waals surface area contributed by atoms with Crippen LogP contribution in [0.5, 0.6) is 0 Å². The van der Waals surface area contributed by atoms with Crippen molar-refractivity contribution in [1.82, 2.24) is 0 Å². The molecule has 0 aliphatic heterocycles. The maximum absolute atomic E-state index is 6.70. The summed E-state index contributed by atoms with van der Waals surface area (Å²) in [4.78, 5) is 0. The van der Waals surface area contributed by atoms with Crippen molar-refractivity contribution >= 4 is 33.6 Å². The van der Waals surface area contributed by atoms with Gasteiger partial charge in [-0.05, 0) is 114 Å². The molecule has 10 rings (SSSR count). The van der Waals surface area contributed by atoms with E-state index in [1.54, 1.807) is 16.7 Å². The van der Waals surface area contributed by atoms with Crippen LogP contribution < -0.4 is 0 Å². The van der Waals surface area contributed by atoms with Gasteiger partial charge in [0.2, 0.25) is 0 Å². The molecule has 0 N–H and O–H groups in total. The first kappa shape index (κ1) is 27.5. The Morgan fingerprint density at radius 1 is 0.723 bits per heavy atom. The first-order valence-corrected chi connectivity index (χ1v) is 17.9. The second-order valence-corrected chi connectivity index (χ2v) is 14.3. The van der Waals surface area contributed by atoms with E-state index in [0.717, 1.165) is 43.3 Å². The number of allylic oxidation sites excluding steroid dienone is 14. The van der Waals surface area contributed by atoms with Crippen molar-refractivity contribution in [3.63, 3.8) is 0 Å². The Labute approximate surface area is 277 Å². The molecule has 0 saturated heterocycles. The Kier molecular flexibility index (Phi) is 6.42. The van der Waals surface area contributed by atoms with Gasteiger partial charge in [-0.25, -0.2) is 0 Å². The van der Waals surface area contributed by atoms with Crippen LogP contribution in [0.4, 0.5) is 0 Å². The van der Waals surface area contributed by atoms with E-state index in [2.05, 4.69) is 121 Å². The average molecular weight is 609 g/mol. The molecule has 4 aromatic rings. The number of aryl methyl sites for hydroxylation is 1. The summed E-state index contributed by atoms with van der Waals surface area (Å²) in [5, 5.41) is 2.49. The van der Waals surface area contributed by atoms with Gasteiger partial charge in [-0.3, -0.25) is 0 Å². The van der Waals surface area contributed by atoms with E-state index in [1.807, 2.05) is 0 Å². The molecular weight excluding hydrogens is 569 g/mol. The summed E-state index contributed by atoms with van der Waals surface area (Å²) >= 11 is 0. The van der Waals surface area contributed by atoms with Gasteiger partial charge in [0, 0.05) is 28.2 Å². The first-order valence-electron chi connectivity index (χ1n) is 17.9. The molecule has 47 heavy (non-hydrogen) atoms. The summed E-state index contributed by atoms with van der Waals surface area (Å²) in [6, 6.07) is 20.7. The topological polar surface area (TPSA) is 13.1 Å². The highest BCUT2D eigenvalue weighted by atomic mass is 16.3. The van der Waals surface area contributed by atoms with Crippen LogP contribution in [0.3, 0.4) is 0 Å². The fourth-order valence-electron chi connectivity index (χ4n) is 9.84. The molecule has 0 radical (unpaired) electrons. The maximum atomic E-state index is 6.70. The number of hydrogen-bond acceptors (Lipinski definition) is 1. The number of benzene rings is 3. The van der Waals surface area contributed by atoms with Crippen LogP contribution in [0.2, 0.25) is 0 Å². The third-order valence-corrected chi connectivity index (χ3v) is 11.9. The molecule has 0 spiro atoms. The molecule has 230 valence electrons. The highest BCUT2D eigenvalue weighted by Gasteiger charge is 2.39. The zero-order chi connectivity index (χ0) is 30.9. The molecule has 0 saturated carbocycles. The van der Waals surface area contributed by atoms with Crippen LogP contribution in [0.15, 0.2) is 142 Å². The molecule has 1 nitrogen and oxygen atoms in total. The van der Waals surface area contributed by atoms with Gasteiger partial charge >= 0.3 is 0 Å². The van der Waals surface area contributed by atoms with Gasteiger partial charge in [0.05, 0.1) is 0 Å². The Morgan fingerprint density at radius 2 is 1.64 bits per heavy atom. The molecule has 4 unspecified atom stereocenters. The third kappa shape index (κ3) is 4.28. The van der Waals surface area contributed by atoms with Crippen molar-refractivity contribution in [2.24, 2.45) is 17.8 Å². The largest absolute Gasteiger partial charge is 0.455 e. The summed E-state index contributed by atoms with van der Waals surface area (Å²) in [5.74, 6) is 2.10. The molecule has 4 atom stereocenters. The lowest BCUT2D eigenvalue weighted by Crippen LogP contribution is -2.26. The van der Waals surface area contributed by atoms with Gasteiger partial charge in [0.25, 0.3) is 0 Å². The SMILES string of the molecule is C1=CC2CCC=C(C3=CC=C(C4c5ccccc5C(c5cccc6oc7c8c(ccc7c56)CCC=C8)=C5C=CCCC54)CC3)C2C=C1. The highest BCUT2D eigenvalue weighted by Crippen LogP contribution is 2.54. The quantitative estimate of drug-likeness (QED) is 0.225. The van der Waals surface area contributed by atoms with Crippen molar-refractivity contribution in [2.45, 2.75) is 57.3 Å². The Balaban J connectivity index is 1.11. The first-order chi connectivity index (χ1) is 23.3. The smallest absolute Gasteiger partial charge is 0.142 e. The standard InChI is InChI=1S/C46H40O/c1-3-14-33-29(11-1)13-9-20-34(33)31-23-25-32(26-24-31)43-36-16-5-7-18-38(36)44(39-19-8-6-17-37(39)43)40-21-10-22-42-45(40)41-28-27-30-12-2-4-15-35(30)46(41)47-42/h1,3-5,7-8,10-11,14-16,18-23,25,27-29,33,37,43H,2,6,9,12-13,17,24,26H2. The number of hydrogen-bond donors (Lipinski definition) is 0. The number of rotatable bonds is 3. The van der Waals surface area contributed by atoms with E-state index in [4.69, 9.17) is 4.42 Å². The van der Waals surface area contributed by atoms with E-state index in [0.29, 0.717) is 23.7 Å². The van der Waals surface area contributed by atoms with Crippen LogP contribution in [-0.4, -0.2) is 0 Å². The van der Waals surface area contributed by atoms with E-state index in [9.17, 15) is 0 Å². The van der Waals surface area contributed by atoms with Crippen molar-refractivity contribution < 1.29 is 4.42 Å². The van der Waals surface area contributed by atoms with E-state index >= 15 is 0 Å². The predicted molar refractivity (Wildman–Crippen MR) is 196 cm³/mol. The summed E-state index contributed by atoms with van der Waals surface area (Å²) < 4.78 is 6.70. The van der Waals surface area contributed by atoms with E-state index in [-0.39, 0.29) is 0 Å². The van der Waals surface area contributed by atoms with Crippen LogP contribution >= 0.6 is 0 Å². The third-order valence-electron chi connectivity index (χ3n) is 11.9. The summed E-state index contributed by atoms with van der Waals surface area (Å²) in [6.45, 7) is 0. The number of furan rings is 1. The molecule has 3 aromatic carbocycles. The summed E-state index contributed by atoms with van der Waals surface area (Å²) in [5.41, 5.74) is 16.6. The molecular formula is C46H40O. The van der Waals surface area contributed by atoms with Gasteiger partial charge in [-0.2, -0.15) is 0 Å². The van der Waals surface area contributed by atoms with Gasteiger partial charge in [-0.15, -0.1) is 0 Å². The molecule has 6 aliphatic carbocycles. The zero-order valence-corrected chi connectivity index (χ0v) is 26.9. The number of fused-ring (bicyclic) bond motifs is 8. The molecule has 1 aromatic heterocycles. The normalized spacial score (nSPS) is 26.0. The minimum atomic E-state index is 0.413. The van der Waals surface area contributed by atoms with E-state index < -0.39 is 0 Å². The molecule has 0 fully saturated rings. The minimum absolute atomic E-state index is 0.413. The van der Waals surface area contributed by atoms with Gasteiger partial charge in [-0.1, -0.05) is 121 Å². The fourth-order valence-corrected chi connectivity index (χ4v) is 9.84. The van der Waals surface area contributed by atoms with Crippen molar-refractivity contribution in [1.29, 1.82) is 0 Å². The van der Waals surface area contributed by atoms with Crippen molar-refractivity contribution in [2.75, 3.05) is 0 Å².